The highest BCUT2D eigenvalue weighted by atomic mass is 35.5. The second kappa shape index (κ2) is 7.90. The van der Waals surface area contributed by atoms with Crippen molar-refractivity contribution in [3.63, 3.8) is 0 Å². The van der Waals surface area contributed by atoms with Gasteiger partial charge in [0.05, 0.1) is 11.5 Å². The normalized spacial score (nSPS) is 20.9. The van der Waals surface area contributed by atoms with Gasteiger partial charge in [0, 0.05) is 12.0 Å². The third kappa shape index (κ3) is 4.37. The molecule has 1 fully saturated rings. The number of esters is 1. The summed E-state index contributed by atoms with van der Waals surface area (Å²) >= 11 is 5.17. The van der Waals surface area contributed by atoms with Gasteiger partial charge in [0.15, 0.2) is 23.3 Å². The Bertz CT molecular complexity index is 884. The first-order valence-electron chi connectivity index (χ1n) is 8.13. The first kappa shape index (κ1) is 23.1. The average Bonchev–Trinajstić information content (AvgIpc) is 3.16. The number of ether oxygens (including phenoxy) is 1. The Morgan fingerprint density at radius 3 is 2.07 bits per heavy atom. The van der Waals surface area contributed by atoms with E-state index in [0.717, 1.165) is 0 Å². The number of alkyl halides is 3. The summed E-state index contributed by atoms with van der Waals surface area (Å²) in [5, 5.41) is -1.42. The molecule has 0 heterocycles. The number of hydrogen-bond acceptors (Lipinski definition) is 2. The molecule has 1 aliphatic rings. The molecule has 0 N–H and O–H groups in total. The minimum Gasteiger partial charge on any atom is -0.460 e. The predicted molar refractivity (Wildman–Crippen MR) is 89.4 cm³/mol. The fraction of sp³-hybridized carbons (Fsp3) is 0.421. The van der Waals surface area contributed by atoms with E-state index in [1.165, 1.54) is 13.8 Å². The van der Waals surface area contributed by atoms with Crippen molar-refractivity contribution in [2.24, 2.45) is 17.3 Å². The molecule has 2 nitrogen and oxygen atoms in total. The Morgan fingerprint density at radius 2 is 1.62 bits per heavy atom. The van der Waals surface area contributed by atoms with E-state index in [4.69, 9.17) is 22.8 Å². The van der Waals surface area contributed by atoms with E-state index in [1.54, 1.807) is 0 Å². The van der Waals surface area contributed by atoms with E-state index in [0.29, 0.717) is 6.08 Å². The lowest BCUT2D eigenvalue weighted by atomic mass is 10.1. The Morgan fingerprint density at radius 1 is 1.14 bits per heavy atom. The van der Waals surface area contributed by atoms with Crippen LogP contribution in [0.15, 0.2) is 11.1 Å². The van der Waals surface area contributed by atoms with Gasteiger partial charge >= 0.3 is 12.1 Å². The van der Waals surface area contributed by atoms with Crippen LogP contribution < -0.4 is 0 Å². The number of carbonyl (C=O) groups is 1. The van der Waals surface area contributed by atoms with Gasteiger partial charge in [0.2, 0.25) is 0 Å². The van der Waals surface area contributed by atoms with E-state index in [-0.39, 0.29) is 0 Å². The fourth-order valence-electron chi connectivity index (χ4n) is 3.03. The maximum absolute atomic E-state index is 14.0. The summed E-state index contributed by atoms with van der Waals surface area (Å²) in [6, 6.07) is 0. The van der Waals surface area contributed by atoms with Crippen LogP contribution in [-0.2, 0) is 22.6 Å². The van der Waals surface area contributed by atoms with Gasteiger partial charge in [0.1, 0.15) is 11.6 Å². The second-order valence-corrected chi connectivity index (χ2v) is 7.45. The van der Waals surface area contributed by atoms with E-state index in [2.05, 4.69) is 0 Å². The molecule has 0 spiro atoms. The number of benzene rings is 1. The molecule has 2 rings (SSSR count). The maximum Gasteiger partial charge on any atom is 0.426 e. The van der Waals surface area contributed by atoms with Gasteiger partial charge in [-0.2, -0.15) is 13.2 Å². The molecule has 0 saturated heterocycles. The van der Waals surface area contributed by atoms with Crippen molar-refractivity contribution < 1.29 is 40.3 Å². The molecular weight excluding hydrogens is 429 g/mol. The van der Waals surface area contributed by atoms with Crippen LogP contribution in [0.5, 0.6) is 0 Å². The minimum atomic E-state index is -4.80. The van der Waals surface area contributed by atoms with Crippen LogP contribution in [0.4, 0.5) is 30.7 Å². The molecule has 0 aliphatic heterocycles. The molecule has 2 atom stereocenters. The molecule has 29 heavy (non-hydrogen) atoms. The third-order valence-electron chi connectivity index (χ3n) is 4.84. The monoisotopic (exact) mass is 442 g/mol. The van der Waals surface area contributed by atoms with Crippen molar-refractivity contribution >= 4 is 17.6 Å². The van der Waals surface area contributed by atoms with Crippen molar-refractivity contribution in [2.75, 3.05) is 0 Å². The Balaban J connectivity index is 2.19. The quantitative estimate of drug-likeness (QED) is 0.263. The summed E-state index contributed by atoms with van der Waals surface area (Å²) in [5.74, 6) is -8.21. The summed E-state index contributed by atoms with van der Waals surface area (Å²) in [7, 11) is 0. The molecule has 0 aromatic heterocycles. The van der Waals surface area contributed by atoms with E-state index in [9.17, 15) is 35.5 Å². The third-order valence-corrected chi connectivity index (χ3v) is 5.18. The largest absolute Gasteiger partial charge is 0.460 e. The molecule has 0 unspecified atom stereocenters. The molecule has 0 bridgehead atoms. The lowest BCUT2D eigenvalue weighted by Gasteiger charge is -2.11. The van der Waals surface area contributed by atoms with Gasteiger partial charge in [-0.1, -0.05) is 31.5 Å². The lowest BCUT2D eigenvalue weighted by Crippen LogP contribution is -2.15. The number of rotatable bonds is 5. The summed E-state index contributed by atoms with van der Waals surface area (Å²) in [4.78, 5) is 12.2. The molecule has 1 aliphatic carbocycles. The summed E-state index contributed by atoms with van der Waals surface area (Å²) < 4.78 is 98.2. The van der Waals surface area contributed by atoms with Gasteiger partial charge in [-0.25, -0.2) is 17.6 Å². The summed E-state index contributed by atoms with van der Waals surface area (Å²) in [6.07, 6.45) is 0.0540. The molecule has 0 amide bonds. The Kier molecular flexibility index (Phi) is 6.29. The van der Waals surface area contributed by atoms with Gasteiger partial charge in [-0.3, -0.25) is 4.79 Å². The zero-order valence-electron chi connectivity index (χ0n) is 15.1. The number of allylic oxidation sites excluding steroid dienone is 2. The standard InChI is InChI=1S/C19H14ClF7O2/c1-4-5-8-13(21)15(23)9(16(24)14(8)22)7-29-17(28)12-10(18(12,2)3)6-11(20)19(25,26)27/h1,6,10,12H,5,7H2,2-3H3/b11-6-/t10-,12+/m0/s1. The first-order chi connectivity index (χ1) is 13.2. The van der Waals surface area contributed by atoms with Crippen LogP contribution in [0.1, 0.15) is 25.0 Å². The average molecular weight is 443 g/mol. The minimum absolute atomic E-state index is 0.655. The molecule has 158 valence electrons. The van der Waals surface area contributed by atoms with E-state index >= 15 is 0 Å². The Hall–Kier alpha value is -2.21. The molecular formula is C19H14ClF7O2. The molecule has 1 aromatic carbocycles. The number of halogens is 8. The second-order valence-electron chi connectivity index (χ2n) is 7.04. The van der Waals surface area contributed by atoms with Crippen molar-refractivity contribution in [2.45, 2.75) is 33.1 Å². The van der Waals surface area contributed by atoms with Crippen molar-refractivity contribution in [1.82, 2.24) is 0 Å². The molecule has 1 saturated carbocycles. The molecule has 0 radical (unpaired) electrons. The highest BCUT2D eigenvalue weighted by molar-refractivity contribution is 6.30. The van der Waals surface area contributed by atoms with Gasteiger partial charge in [-0.15, -0.1) is 12.3 Å². The van der Waals surface area contributed by atoms with Crippen LogP contribution in [0, 0.1) is 52.9 Å². The number of carbonyl (C=O) groups excluding carboxylic acids is 1. The van der Waals surface area contributed by atoms with Crippen LogP contribution in [0.25, 0.3) is 0 Å². The topological polar surface area (TPSA) is 26.3 Å². The van der Waals surface area contributed by atoms with Crippen molar-refractivity contribution in [3.8, 4) is 12.3 Å². The lowest BCUT2D eigenvalue weighted by molar-refractivity contribution is -0.147. The van der Waals surface area contributed by atoms with Crippen LogP contribution in [0.2, 0.25) is 0 Å². The van der Waals surface area contributed by atoms with Crippen LogP contribution >= 0.6 is 11.6 Å². The zero-order chi connectivity index (χ0) is 22.3. The summed E-state index contributed by atoms with van der Waals surface area (Å²) in [6.45, 7) is 1.78. The van der Waals surface area contributed by atoms with Gasteiger partial charge < -0.3 is 4.74 Å². The van der Waals surface area contributed by atoms with Crippen LogP contribution in [0.3, 0.4) is 0 Å². The zero-order valence-corrected chi connectivity index (χ0v) is 15.8. The van der Waals surface area contributed by atoms with E-state index < -0.39 is 81.9 Å². The van der Waals surface area contributed by atoms with Gasteiger partial charge in [0.25, 0.3) is 0 Å². The predicted octanol–water partition coefficient (Wildman–Crippen LogP) is 5.42. The first-order valence-corrected chi connectivity index (χ1v) is 8.51. The number of hydrogen-bond donors (Lipinski definition) is 0. The highest BCUT2D eigenvalue weighted by Gasteiger charge is 2.62. The smallest absolute Gasteiger partial charge is 0.426 e. The van der Waals surface area contributed by atoms with E-state index in [1.807, 2.05) is 5.92 Å². The highest BCUT2D eigenvalue weighted by Crippen LogP contribution is 2.60. The summed E-state index contributed by atoms with van der Waals surface area (Å²) in [5.41, 5.74) is -3.12. The number of terminal acetylenes is 1. The SMILES string of the molecule is C#CCc1c(F)c(F)c(COC(=O)[C@H]2[C@H](/C=C(\Cl)C(F)(F)F)C2(C)C)c(F)c1F. The van der Waals surface area contributed by atoms with Crippen molar-refractivity contribution in [1.29, 1.82) is 0 Å². The van der Waals surface area contributed by atoms with Crippen molar-refractivity contribution in [3.05, 3.63) is 45.5 Å². The molecule has 1 aromatic rings. The maximum atomic E-state index is 14.0. The van der Waals surface area contributed by atoms with Crippen LogP contribution in [-0.4, -0.2) is 12.1 Å². The van der Waals surface area contributed by atoms with Gasteiger partial charge in [-0.05, 0) is 11.3 Å². The fourth-order valence-corrected chi connectivity index (χ4v) is 3.17. The molecule has 10 heteroatoms. The Labute approximate surface area is 166 Å².